The number of carbonyl (C=O) groups excluding carboxylic acids is 1. The average Bonchev–Trinajstić information content (AvgIpc) is 3.13. The van der Waals surface area contributed by atoms with Crippen LogP contribution in [0.1, 0.15) is 60.6 Å². The van der Waals surface area contributed by atoms with E-state index in [9.17, 15) is 18.0 Å². The largest absolute Gasteiger partial charge is 0.494 e. The van der Waals surface area contributed by atoms with Crippen LogP contribution < -0.4 is 9.47 Å². The molecule has 0 aliphatic heterocycles. The minimum atomic E-state index is -4.35. The molecule has 190 valence electrons. The van der Waals surface area contributed by atoms with Crippen molar-refractivity contribution in [3.05, 3.63) is 58.0 Å². The molecular formula is C27H31F3O4S. The van der Waals surface area contributed by atoms with Crippen LogP contribution in [-0.4, -0.2) is 25.8 Å². The van der Waals surface area contributed by atoms with Crippen molar-refractivity contribution < 1.29 is 32.2 Å². The SMILES string of the molecule is CCCC(CCOc1ccc(OCC(=O)OCC)c(C)c1)c1sc2cc(C(F)(F)F)ccc2c1C. The van der Waals surface area contributed by atoms with Gasteiger partial charge in [0.25, 0.3) is 0 Å². The summed E-state index contributed by atoms with van der Waals surface area (Å²) in [7, 11) is 0. The highest BCUT2D eigenvalue weighted by Gasteiger charge is 2.31. The maximum atomic E-state index is 13.2. The molecule has 1 heterocycles. The second kappa shape index (κ2) is 11.8. The highest BCUT2D eigenvalue weighted by molar-refractivity contribution is 7.19. The Kier molecular flexibility index (Phi) is 9.05. The second-order valence-corrected chi connectivity index (χ2v) is 9.53. The van der Waals surface area contributed by atoms with Gasteiger partial charge in [-0.1, -0.05) is 19.4 Å². The lowest BCUT2D eigenvalue weighted by Gasteiger charge is -2.17. The van der Waals surface area contributed by atoms with Crippen LogP contribution >= 0.6 is 11.3 Å². The van der Waals surface area contributed by atoms with Gasteiger partial charge in [-0.25, -0.2) is 4.79 Å². The fourth-order valence-electron chi connectivity index (χ4n) is 4.10. The van der Waals surface area contributed by atoms with E-state index >= 15 is 0 Å². The molecule has 3 rings (SSSR count). The number of thiophene rings is 1. The third-order valence-electron chi connectivity index (χ3n) is 5.84. The van der Waals surface area contributed by atoms with Gasteiger partial charge in [0.2, 0.25) is 0 Å². The first-order valence-electron chi connectivity index (χ1n) is 11.8. The van der Waals surface area contributed by atoms with Crippen LogP contribution in [0, 0.1) is 13.8 Å². The first-order chi connectivity index (χ1) is 16.6. The maximum Gasteiger partial charge on any atom is 0.416 e. The summed E-state index contributed by atoms with van der Waals surface area (Å²) in [4.78, 5) is 12.6. The molecule has 0 N–H and O–H groups in total. The molecule has 35 heavy (non-hydrogen) atoms. The van der Waals surface area contributed by atoms with Crippen molar-refractivity contribution in [2.75, 3.05) is 19.8 Å². The van der Waals surface area contributed by atoms with Crippen LogP contribution in [0.25, 0.3) is 10.1 Å². The molecule has 0 spiro atoms. The van der Waals surface area contributed by atoms with Crippen molar-refractivity contribution in [1.29, 1.82) is 0 Å². The first kappa shape index (κ1) is 26.9. The van der Waals surface area contributed by atoms with Crippen molar-refractivity contribution in [2.24, 2.45) is 0 Å². The Balaban J connectivity index is 1.66. The standard InChI is InChI=1S/C27H31F3O4S/c1-5-7-19(26-18(4)22-10-8-20(27(28,29)30)15-24(22)35-26)12-13-33-21-9-11-23(17(3)14-21)34-16-25(31)32-6-2/h8-11,14-15,19H,5-7,12-13,16H2,1-4H3. The van der Waals surface area contributed by atoms with Gasteiger partial charge in [0.15, 0.2) is 6.61 Å². The lowest BCUT2D eigenvalue weighted by Crippen LogP contribution is -2.15. The Morgan fingerprint density at radius 3 is 2.46 bits per heavy atom. The van der Waals surface area contributed by atoms with E-state index < -0.39 is 17.7 Å². The van der Waals surface area contributed by atoms with Crippen LogP contribution in [0.2, 0.25) is 0 Å². The van der Waals surface area contributed by atoms with Crippen LogP contribution in [0.3, 0.4) is 0 Å². The van der Waals surface area contributed by atoms with Crippen LogP contribution in [0.4, 0.5) is 13.2 Å². The summed E-state index contributed by atoms with van der Waals surface area (Å²) in [6.07, 6.45) is -1.69. The van der Waals surface area contributed by atoms with E-state index in [-0.39, 0.29) is 12.5 Å². The molecule has 0 aliphatic rings. The number of fused-ring (bicyclic) bond motifs is 1. The molecule has 0 radical (unpaired) electrons. The number of benzene rings is 2. The van der Waals surface area contributed by atoms with Gasteiger partial charge in [0.05, 0.1) is 18.8 Å². The van der Waals surface area contributed by atoms with Crippen molar-refractivity contribution in [3.8, 4) is 11.5 Å². The zero-order valence-electron chi connectivity index (χ0n) is 20.5. The van der Waals surface area contributed by atoms with Gasteiger partial charge in [-0.3, -0.25) is 0 Å². The van der Waals surface area contributed by atoms with E-state index in [1.807, 2.05) is 19.9 Å². The van der Waals surface area contributed by atoms with Gasteiger partial charge in [0, 0.05) is 9.58 Å². The summed E-state index contributed by atoms with van der Waals surface area (Å²) in [5, 5.41) is 0.883. The van der Waals surface area contributed by atoms with Crippen molar-refractivity contribution >= 4 is 27.4 Å². The number of rotatable bonds is 11. The van der Waals surface area contributed by atoms with E-state index in [1.165, 1.54) is 17.4 Å². The van der Waals surface area contributed by atoms with Crippen LogP contribution in [0.15, 0.2) is 36.4 Å². The molecule has 0 amide bonds. The van der Waals surface area contributed by atoms with Gasteiger partial charge in [-0.05, 0) is 86.4 Å². The maximum absolute atomic E-state index is 13.2. The smallest absolute Gasteiger partial charge is 0.416 e. The predicted octanol–water partition coefficient (Wildman–Crippen LogP) is 7.83. The van der Waals surface area contributed by atoms with Gasteiger partial charge < -0.3 is 14.2 Å². The number of alkyl halides is 3. The Bertz CT molecular complexity index is 1150. The van der Waals surface area contributed by atoms with E-state index in [0.717, 1.165) is 46.7 Å². The average molecular weight is 509 g/mol. The Morgan fingerprint density at radius 2 is 1.80 bits per heavy atom. The third kappa shape index (κ3) is 6.90. The van der Waals surface area contributed by atoms with Crippen molar-refractivity contribution in [3.63, 3.8) is 0 Å². The molecule has 1 unspecified atom stereocenters. The number of aryl methyl sites for hydroxylation is 2. The second-order valence-electron chi connectivity index (χ2n) is 8.44. The van der Waals surface area contributed by atoms with Crippen molar-refractivity contribution in [2.45, 2.75) is 59.1 Å². The van der Waals surface area contributed by atoms with Gasteiger partial charge in [-0.15, -0.1) is 11.3 Å². The monoisotopic (exact) mass is 508 g/mol. The highest BCUT2D eigenvalue weighted by Crippen LogP contribution is 2.41. The van der Waals surface area contributed by atoms with E-state index in [1.54, 1.807) is 25.1 Å². The van der Waals surface area contributed by atoms with E-state index in [4.69, 9.17) is 14.2 Å². The summed E-state index contributed by atoms with van der Waals surface area (Å²) in [6.45, 7) is 8.36. The van der Waals surface area contributed by atoms with E-state index in [0.29, 0.717) is 29.4 Å². The summed E-state index contributed by atoms with van der Waals surface area (Å²) in [5.74, 6) is 1.08. The summed E-state index contributed by atoms with van der Waals surface area (Å²) < 4.78 is 56.5. The molecule has 1 aromatic heterocycles. The van der Waals surface area contributed by atoms with Crippen LogP contribution in [0.5, 0.6) is 11.5 Å². The first-order valence-corrected chi connectivity index (χ1v) is 12.6. The van der Waals surface area contributed by atoms with Crippen molar-refractivity contribution in [1.82, 2.24) is 0 Å². The zero-order valence-corrected chi connectivity index (χ0v) is 21.3. The molecule has 0 bridgehead atoms. The number of hydrogen-bond acceptors (Lipinski definition) is 5. The predicted molar refractivity (Wildman–Crippen MR) is 133 cm³/mol. The molecule has 0 saturated carbocycles. The van der Waals surface area contributed by atoms with Gasteiger partial charge in [0.1, 0.15) is 11.5 Å². The quantitative estimate of drug-likeness (QED) is 0.248. The molecule has 0 aliphatic carbocycles. The molecule has 0 saturated heterocycles. The van der Waals surface area contributed by atoms with E-state index in [2.05, 4.69) is 6.92 Å². The van der Waals surface area contributed by atoms with Gasteiger partial charge >= 0.3 is 12.1 Å². The normalized spacial score (nSPS) is 12.5. The third-order valence-corrected chi connectivity index (χ3v) is 7.26. The minimum absolute atomic E-state index is 0.146. The lowest BCUT2D eigenvalue weighted by atomic mass is 9.95. The number of ether oxygens (including phenoxy) is 3. The number of esters is 1. The molecule has 1 atom stereocenters. The van der Waals surface area contributed by atoms with Gasteiger partial charge in [-0.2, -0.15) is 13.2 Å². The topological polar surface area (TPSA) is 44.8 Å². The minimum Gasteiger partial charge on any atom is -0.494 e. The summed E-state index contributed by atoms with van der Waals surface area (Å²) in [5.41, 5.74) is 1.28. The van der Waals surface area contributed by atoms with Crippen LogP contribution in [-0.2, 0) is 15.7 Å². The fourth-order valence-corrected chi connectivity index (χ4v) is 5.52. The summed E-state index contributed by atoms with van der Waals surface area (Å²) in [6, 6.07) is 9.42. The number of halogens is 3. The lowest BCUT2D eigenvalue weighted by molar-refractivity contribution is -0.145. The Hall–Kier alpha value is -2.74. The summed E-state index contributed by atoms with van der Waals surface area (Å²) >= 11 is 1.45. The molecule has 2 aromatic carbocycles. The fraction of sp³-hybridized carbons (Fsp3) is 0.444. The molecule has 8 heteroatoms. The highest BCUT2D eigenvalue weighted by atomic mass is 32.1. The Morgan fingerprint density at radius 1 is 1.03 bits per heavy atom. The molecule has 4 nitrogen and oxygen atoms in total. The molecule has 0 fully saturated rings. The Labute approximate surface area is 208 Å². The molecule has 3 aromatic rings. The number of carbonyl (C=O) groups is 1. The number of hydrogen-bond donors (Lipinski definition) is 0. The molecular weight excluding hydrogens is 477 g/mol. The zero-order chi connectivity index (χ0) is 25.6.